The number of fused-ring (bicyclic) bond motifs is 8. The van der Waals surface area contributed by atoms with E-state index in [2.05, 4.69) is 137 Å². The van der Waals surface area contributed by atoms with Crippen molar-refractivity contribution in [2.24, 2.45) is 0 Å². The minimum Gasteiger partial charge on any atom is -0.310 e. The number of para-hydroxylation sites is 2. The SMILES string of the molecule is c1cc2c3c(c1)-c1cccc4cccc(c14)N3c1cccc3c1B2c1cccc2c1N3c1cccc3cccc-2c13. The molecule has 0 N–H and O–H groups in total. The summed E-state index contributed by atoms with van der Waals surface area (Å²) in [6, 6.07) is 47.9. The second-order valence-corrected chi connectivity index (χ2v) is 11.7. The molecule has 11 rings (SSSR count). The van der Waals surface area contributed by atoms with Gasteiger partial charge in [0, 0.05) is 44.6 Å². The van der Waals surface area contributed by atoms with Gasteiger partial charge in [0.2, 0.25) is 0 Å². The van der Waals surface area contributed by atoms with E-state index in [1.165, 1.54) is 94.3 Å². The first-order valence-electron chi connectivity index (χ1n) is 14.4. The van der Waals surface area contributed by atoms with Crippen molar-refractivity contribution in [1.82, 2.24) is 0 Å². The van der Waals surface area contributed by atoms with Gasteiger partial charge in [-0.2, -0.15) is 0 Å². The molecular weight excluding hydrogens is 495 g/mol. The Morgan fingerprint density at radius 3 is 1.27 bits per heavy atom. The summed E-state index contributed by atoms with van der Waals surface area (Å²) < 4.78 is 0. The van der Waals surface area contributed by atoms with Gasteiger partial charge in [-0.3, -0.25) is 0 Å². The van der Waals surface area contributed by atoms with Gasteiger partial charge in [0.05, 0.1) is 11.4 Å². The maximum Gasteiger partial charge on any atom is 0.252 e. The Labute approximate surface area is 237 Å². The number of anilines is 6. The molecule has 0 fully saturated rings. The summed E-state index contributed by atoms with van der Waals surface area (Å²) in [6.45, 7) is 0.160. The first-order valence-corrected chi connectivity index (χ1v) is 14.4. The van der Waals surface area contributed by atoms with Crippen LogP contribution in [-0.2, 0) is 0 Å². The molecule has 4 aliphatic rings. The molecule has 4 heterocycles. The van der Waals surface area contributed by atoms with E-state index in [4.69, 9.17) is 0 Å². The van der Waals surface area contributed by atoms with E-state index in [9.17, 15) is 0 Å². The molecule has 0 aliphatic carbocycles. The van der Waals surface area contributed by atoms with E-state index < -0.39 is 0 Å². The predicted molar refractivity (Wildman–Crippen MR) is 173 cm³/mol. The van der Waals surface area contributed by atoms with E-state index in [1.54, 1.807) is 0 Å². The third kappa shape index (κ3) is 2.24. The molecule has 4 aliphatic heterocycles. The maximum atomic E-state index is 2.56. The molecule has 0 radical (unpaired) electrons. The van der Waals surface area contributed by atoms with Gasteiger partial charge in [-0.25, -0.2) is 0 Å². The molecule has 0 saturated carbocycles. The van der Waals surface area contributed by atoms with Crippen LogP contribution in [-0.4, -0.2) is 6.71 Å². The average molecular weight is 516 g/mol. The van der Waals surface area contributed by atoms with Crippen LogP contribution in [0.15, 0.2) is 127 Å². The van der Waals surface area contributed by atoms with Gasteiger partial charge >= 0.3 is 0 Å². The Balaban J connectivity index is 1.33. The summed E-state index contributed by atoms with van der Waals surface area (Å²) in [5.41, 5.74) is 17.3. The monoisotopic (exact) mass is 516 g/mol. The van der Waals surface area contributed by atoms with Gasteiger partial charge in [-0.15, -0.1) is 0 Å². The second kappa shape index (κ2) is 6.89. The van der Waals surface area contributed by atoms with E-state index in [1.807, 2.05) is 0 Å². The van der Waals surface area contributed by atoms with Crippen LogP contribution in [0.2, 0.25) is 0 Å². The highest BCUT2D eigenvalue weighted by Crippen LogP contribution is 2.55. The number of rotatable bonds is 0. The lowest BCUT2D eigenvalue weighted by Gasteiger charge is -2.47. The van der Waals surface area contributed by atoms with Gasteiger partial charge in [0.15, 0.2) is 0 Å². The van der Waals surface area contributed by atoms with Crippen LogP contribution in [0.5, 0.6) is 0 Å². The molecule has 0 spiro atoms. The van der Waals surface area contributed by atoms with Crippen LogP contribution in [0.25, 0.3) is 43.8 Å². The lowest BCUT2D eigenvalue weighted by Crippen LogP contribution is -2.61. The fourth-order valence-corrected chi connectivity index (χ4v) is 8.43. The molecule has 7 aromatic carbocycles. The minimum absolute atomic E-state index is 0.160. The third-order valence-corrected chi connectivity index (χ3v) is 9.86. The normalized spacial score (nSPS) is 14.2. The highest BCUT2D eigenvalue weighted by atomic mass is 15.2. The fourth-order valence-electron chi connectivity index (χ4n) is 8.43. The van der Waals surface area contributed by atoms with Crippen molar-refractivity contribution in [3.8, 4) is 22.3 Å². The van der Waals surface area contributed by atoms with Gasteiger partial charge in [-0.05, 0) is 62.6 Å². The Hall–Kier alpha value is -5.28. The van der Waals surface area contributed by atoms with Crippen molar-refractivity contribution in [3.05, 3.63) is 127 Å². The van der Waals surface area contributed by atoms with E-state index >= 15 is 0 Å². The zero-order chi connectivity index (χ0) is 26.4. The van der Waals surface area contributed by atoms with Crippen molar-refractivity contribution in [3.63, 3.8) is 0 Å². The molecule has 0 atom stereocenters. The molecule has 3 heteroatoms. The van der Waals surface area contributed by atoms with Gasteiger partial charge in [-0.1, -0.05) is 103 Å². The van der Waals surface area contributed by atoms with Crippen molar-refractivity contribution >= 4 is 78.8 Å². The Morgan fingerprint density at radius 1 is 0.366 bits per heavy atom. The van der Waals surface area contributed by atoms with Gasteiger partial charge < -0.3 is 9.80 Å². The van der Waals surface area contributed by atoms with Crippen molar-refractivity contribution < 1.29 is 0 Å². The maximum absolute atomic E-state index is 2.56. The number of benzene rings is 7. The third-order valence-electron chi connectivity index (χ3n) is 9.86. The van der Waals surface area contributed by atoms with Crippen LogP contribution in [0.4, 0.5) is 34.1 Å². The highest BCUT2D eigenvalue weighted by molar-refractivity contribution is 7.00. The lowest BCUT2D eigenvalue weighted by atomic mass is 9.33. The molecule has 0 aromatic heterocycles. The number of nitrogens with zero attached hydrogens (tertiary/aromatic N) is 2. The topological polar surface area (TPSA) is 6.48 Å². The van der Waals surface area contributed by atoms with Crippen molar-refractivity contribution in [2.75, 3.05) is 9.80 Å². The van der Waals surface area contributed by atoms with Crippen LogP contribution in [0.3, 0.4) is 0 Å². The van der Waals surface area contributed by atoms with Gasteiger partial charge in [0.1, 0.15) is 0 Å². The molecule has 0 unspecified atom stereocenters. The van der Waals surface area contributed by atoms with E-state index in [0.29, 0.717) is 0 Å². The first kappa shape index (κ1) is 20.6. The predicted octanol–water partition coefficient (Wildman–Crippen LogP) is 8.04. The number of hydrogen-bond acceptors (Lipinski definition) is 2. The molecule has 186 valence electrons. The molecular formula is C38H21BN2. The Kier molecular flexibility index (Phi) is 3.46. The minimum atomic E-state index is 0.160. The van der Waals surface area contributed by atoms with Crippen LogP contribution < -0.4 is 26.2 Å². The number of hydrogen-bond donors (Lipinski definition) is 0. The summed E-state index contributed by atoms with van der Waals surface area (Å²) in [6.07, 6.45) is 0. The molecule has 41 heavy (non-hydrogen) atoms. The standard InChI is InChI=1S/C38H21BN2/c1-8-22-10-3-18-30-34(22)24(12-1)26-14-5-16-28-37(26)40(30)32-20-7-21-33-36(32)39(28)29-17-6-15-27-25-13-2-9-23-11-4-19-31(35(23)25)41(33)38(27)29/h1-21H. The Morgan fingerprint density at radius 2 is 0.756 bits per heavy atom. The Bertz CT molecular complexity index is 2180. The summed E-state index contributed by atoms with van der Waals surface area (Å²) >= 11 is 0. The molecule has 7 aromatic rings. The quantitative estimate of drug-likeness (QED) is 0.188. The largest absolute Gasteiger partial charge is 0.310 e. The highest BCUT2D eigenvalue weighted by Gasteiger charge is 2.46. The van der Waals surface area contributed by atoms with Gasteiger partial charge in [0.25, 0.3) is 6.71 Å². The lowest BCUT2D eigenvalue weighted by molar-refractivity contribution is 1.25. The van der Waals surface area contributed by atoms with Crippen LogP contribution in [0.1, 0.15) is 0 Å². The van der Waals surface area contributed by atoms with Crippen LogP contribution in [0, 0.1) is 0 Å². The zero-order valence-corrected chi connectivity index (χ0v) is 22.1. The molecule has 0 amide bonds. The summed E-state index contributed by atoms with van der Waals surface area (Å²) in [7, 11) is 0. The summed E-state index contributed by atoms with van der Waals surface area (Å²) in [4.78, 5) is 5.12. The molecule has 0 bridgehead atoms. The second-order valence-electron chi connectivity index (χ2n) is 11.7. The summed E-state index contributed by atoms with van der Waals surface area (Å²) in [5.74, 6) is 0. The first-order chi connectivity index (χ1) is 20.4. The van der Waals surface area contributed by atoms with Crippen molar-refractivity contribution in [1.29, 1.82) is 0 Å². The fraction of sp³-hybridized carbons (Fsp3) is 0. The average Bonchev–Trinajstić information content (AvgIpc) is 3.03. The van der Waals surface area contributed by atoms with E-state index in [-0.39, 0.29) is 6.71 Å². The molecule has 2 nitrogen and oxygen atoms in total. The summed E-state index contributed by atoms with van der Waals surface area (Å²) in [5, 5.41) is 5.26. The van der Waals surface area contributed by atoms with Crippen LogP contribution >= 0.6 is 0 Å². The van der Waals surface area contributed by atoms with Crippen molar-refractivity contribution in [2.45, 2.75) is 0 Å². The molecule has 0 saturated heterocycles. The smallest absolute Gasteiger partial charge is 0.252 e. The van der Waals surface area contributed by atoms with E-state index in [0.717, 1.165) is 0 Å². The zero-order valence-electron chi connectivity index (χ0n) is 22.1.